The van der Waals surface area contributed by atoms with Crippen molar-refractivity contribution in [1.29, 1.82) is 0 Å². The standard InChI is InChI=1S/C26H25FN4O4S/c1-26(2,3)35-25(33)28-23(19-6-4-5-7-20(19)27)24(32)30-13-17-14-31(29-21(17)15-30)36-18-8-9-22-16(12-18)10-11-34-22/h4-12,14,23H,13,15H2,1-3H3,(H,28,33). The first-order valence-electron chi connectivity index (χ1n) is 11.4. The van der Waals surface area contributed by atoms with Crippen LogP contribution in [0.15, 0.2) is 70.3 Å². The predicted octanol–water partition coefficient (Wildman–Crippen LogP) is 5.43. The lowest BCUT2D eigenvalue weighted by molar-refractivity contribution is -0.134. The molecule has 1 unspecified atom stereocenters. The molecule has 0 fully saturated rings. The minimum Gasteiger partial charge on any atom is -0.464 e. The van der Waals surface area contributed by atoms with Gasteiger partial charge >= 0.3 is 6.09 Å². The number of ether oxygens (including phenoxy) is 1. The molecule has 0 saturated carbocycles. The molecule has 0 aliphatic carbocycles. The van der Waals surface area contributed by atoms with Crippen molar-refractivity contribution in [2.24, 2.45) is 0 Å². The van der Waals surface area contributed by atoms with Gasteiger partial charge in [-0.15, -0.1) is 0 Å². The summed E-state index contributed by atoms with van der Waals surface area (Å²) in [4.78, 5) is 28.5. The summed E-state index contributed by atoms with van der Waals surface area (Å²) in [6.45, 7) is 5.71. The molecule has 1 aliphatic heterocycles. The number of hydrogen-bond acceptors (Lipinski definition) is 6. The maximum atomic E-state index is 14.6. The van der Waals surface area contributed by atoms with Crippen LogP contribution in [-0.4, -0.2) is 31.7 Å². The minimum absolute atomic E-state index is 0.0770. The summed E-state index contributed by atoms with van der Waals surface area (Å²) in [6, 6.07) is 12.5. The number of nitrogens with one attached hydrogen (secondary N) is 1. The molecule has 2 amide bonds. The molecule has 4 aromatic rings. The molecule has 0 saturated heterocycles. The molecule has 1 aliphatic rings. The van der Waals surface area contributed by atoms with Crippen molar-refractivity contribution in [3.05, 3.63) is 83.6 Å². The van der Waals surface area contributed by atoms with E-state index in [4.69, 9.17) is 9.15 Å². The SMILES string of the molecule is CC(C)(C)OC(=O)NC(C(=O)N1Cc2cn(Sc3ccc4occc4c3)nc2C1)c1ccccc1F. The third-order valence-electron chi connectivity index (χ3n) is 5.62. The van der Waals surface area contributed by atoms with Crippen LogP contribution < -0.4 is 5.32 Å². The number of benzene rings is 2. The topological polar surface area (TPSA) is 89.6 Å². The summed E-state index contributed by atoms with van der Waals surface area (Å²) in [7, 11) is 0. The molecule has 5 rings (SSSR count). The lowest BCUT2D eigenvalue weighted by Gasteiger charge is -2.26. The first kappa shape index (κ1) is 23.9. The second-order valence-corrected chi connectivity index (χ2v) is 10.5. The number of fused-ring (bicyclic) bond motifs is 2. The second kappa shape index (κ2) is 9.34. The fourth-order valence-electron chi connectivity index (χ4n) is 4.03. The van der Waals surface area contributed by atoms with E-state index in [1.54, 1.807) is 42.1 Å². The van der Waals surface area contributed by atoms with Crippen LogP contribution in [0.2, 0.25) is 0 Å². The molecule has 1 N–H and O–H groups in total. The Hall–Kier alpha value is -3.79. The number of aromatic nitrogens is 2. The van der Waals surface area contributed by atoms with E-state index in [1.807, 2.05) is 30.5 Å². The normalized spacial score (nSPS) is 14.1. The van der Waals surface area contributed by atoms with Crippen LogP contribution in [0.4, 0.5) is 9.18 Å². The fraction of sp³-hybridized carbons (Fsp3) is 0.269. The lowest BCUT2D eigenvalue weighted by atomic mass is 10.0. The number of carbonyl (C=O) groups excluding carboxylic acids is 2. The average molecular weight is 509 g/mol. The van der Waals surface area contributed by atoms with Gasteiger partial charge in [0, 0.05) is 46.1 Å². The van der Waals surface area contributed by atoms with Crippen LogP contribution in [0.3, 0.4) is 0 Å². The number of rotatable bonds is 5. The molecular formula is C26H25FN4O4S. The van der Waals surface area contributed by atoms with E-state index in [-0.39, 0.29) is 12.1 Å². The molecule has 1 atom stereocenters. The smallest absolute Gasteiger partial charge is 0.408 e. The summed E-state index contributed by atoms with van der Waals surface area (Å²) >= 11 is 1.46. The van der Waals surface area contributed by atoms with E-state index < -0.39 is 29.5 Å². The Kier molecular flexibility index (Phi) is 6.21. The van der Waals surface area contributed by atoms with E-state index >= 15 is 0 Å². The van der Waals surface area contributed by atoms with Gasteiger partial charge < -0.3 is 19.4 Å². The van der Waals surface area contributed by atoms with Crippen LogP contribution in [0.1, 0.15) is 43.6 Å². The van der Waals surface area contributed by atoms with Gasteiger partial charge in [-0.1, -0.05) is 18.2 Å². The molecule has 2 aromatic carbocycles. The highest BCUT2D eigenvalue weighted by atomic mass is 32.2. The van der Waals surface area contributed by atoms with Crippen LogP contribution in [0.25, 0.3) is 11.0 Å². The third-order valence-corrected chi connectivity index (χ3v) is 6.46. The van der Waals surface area contributed by atoms with Crippen molar-refractivity contribution in [2.75, 3.05) is 0 Å². The number of alkyl carbamates (subject to hydrolysis) is 1. The van der Waals surface area contributed by atoms with E-state index in [1.165, 1.54) is 30.1 Å². The summed E-state index contributed by atoms with van der Waals surface area (Å²) in [5.41, 5.74) is 1.78. The van der Waals surface area contributed by atoms with Gasteiger partial charge in [-0.2, -0.15) is 5.10 Å². The van der Waals surface area contributed by atoms with Gasteiger partial charge in [0.2, 0.25) is 0 Å². The maximum absolute atomic E-state index is 14.6. The van der Waals surface area contributed by atoms with Crippen LogP contribution in [-0.2, 0) is 22.6 Å². The Labute approximate surface area is 211 Å². The van der Waals surface area contributed by atoms with Crippen molar-refractivity contribution in [2.45, 2.75) is 50.4 Å². The zero-order valence-corrected chi connectivity index (χ0v) is 20.8. The van der Waals surface area contributed by atoms with Gasteiger partial charge in [0.1, 0.15) is 23.0 Å². The molecule has 2 aromatic heterocycles. The van der Waals surface area contributed by atoms with Crippen LogP contribution in [0.5, 0.6) is 0 Å². The van der Waals surface area contributed by atoms with Gasteiger partial charge in [-0.05, 0) is 51.1 Å². The molecule has 3 heterocycles. The van der Waals surface area contributed by atoms with Crippen molar-refractivity contribution < 1.29 is 23.1 Å². The van der Waals surface area contributed by atoms with Crippen molar-refractivity contribution >= 4 is 34.9 Å². The monoisotopic (exact) mass is 508 g/mol. The van der Waals surface area contributed by atoms with Crippen molar-refractivity contribution in [1.82, 2.24) is 19.4 Å². The largest absolute Gasteiger partial charge is 0.464 e. The molecule has 0 spiro atoms. The lowest BCUT2D eigenvalue weighted by Crippen LogP contribution is -2.43. The number of amides is 2. The van der Waals surface area contributed by atoms with Crippen molar-refractivity contribution in [3.8, 4) is 0 Å². The van der Waals surface area contributed by atoms with E-state index in [0.717, 1.165) is 27.1 Å². The van der Waals surface area contributed by atoms with Gasteiger partial charge in [-0.3, -0.25) is 4.79 Å². The number of hydrogen-bond donors (Lipinski definition) is 1. The van der Waals surface area contributed by atoms with Crippen LogP contribution in [0, 0.1) is 5.82 Å². The number of carbonyl (C=O) groups is 2. The Bertz CT molecular complexity index is 1420. The number of halogens is 1. The first-order valence-corrected chi connectivity index (χ1v) is 12.2. The van der Waals surface area contributed by atoms with Gasteiger partial charge in [-0.25, -0.2) is 13.3 Å². The summed E-state index contributed by atoms with van der Waals surface area (Å²) in [6.07, 6.45) is 2.74. The Morgan fingerprint density at radius 2 is 1.97 bits per heavy atom. The van der Waals surface area contributed by atoms with Crippen molar-refractivity contribution in [3.63, 3.8) is 0 Å². The van der Waals surface area contributed by atoms with E-state index in [9.17, 15) is 14.0 Å². The minimum atomic E-state index is -1.23. The molecule has 8 nitrogen and oxygen atoms in total. The zero-order valence-electron chi connectivity index (χ0n) is 20.0. The Balaban J connectivity index is 1.31. The molecule has 10 heteroatoms. The molecule has 0 radical (unpaired) electrons. The number of nitrogens with zero attached hydrogens (tertiary/aromatic N) is 3. The van der Waals surface area contributed by atoms with Gasteiger partial charge in [0.25, 0.3) is 5.91 Å². The highest BCUT2D eigenvalue weighted by molar-refractivity contribution is 7.97. The quantitative estimate of drug-likeness (QED) is 0.387. The average Bonchev–Trinajstić information content (AvgIpc) is 3.51. The van der Waals surface area contributed by atoms with E-state index in [0.29, 0.717) is 6.54 Å². The Morgan fingerprint density at radius 3 is 2.72 bits per heavy atom. The zero-order chi connectivity index (χ0) is 25.4. The summed E-state index contributed by atoms with van der Waals surface area (Å²) < 4.78 is 27.1. The van der Waals surface area contributed by atoms with Gasteiger partial charge in [0.15, 0.2) is 0 Å². The van der Waals surface area contributed by atoms with Gasteiger partial charge in [0.05, 0.1) is 18.5 Å². The first-order chi connectivity index (χ1) is 17.2. The summed E-state index contributed by atoms with van der Waals surface area (Å²) in [5.74, 6) is -1.02. The van der Waals surface area contributed by atoms with E-state index in [2.05, 4.69) is 10.4 Å². The third kappa shape index (κ3) is 5.08. The van der Waals surface area contributed by atoms with Crippen LogP contribution >= 0.6 is 11.9 Å². The fourth-order valence-corrected chi connectivity index (χ4v) is 4.87. The predicted molar refractivity (Wildman–Crippen MR) is 132 cm³/mol. The highest BCUT2D eigenvalue weighted by Gasteiger charge is 2.35. The second-order valence-electron chi connectivity index (χ2n) is 9.51. The molecular weight excluding hydrogens is 483 g/mol. The maximum Gasteiger partial charge on any atom is 0.408 e. The Morgan fingerprint density at radius 1 is 1.17 bits per heavy atom. The highest BCUT2D eigenvalue weighted by Crippen LogP contribution is 2.30. The number of furan rings is 1. The summed E-state index contributed by atoms with van der Waals surface area (Å²) in [5, 5.41) is 8.18. The molecule has 36 heavy (non-hydrogen) atoms. The molecule has 0 bridgehead atoms. The molecule has 186 valence electrons.